The van der Waals surface area contributed by atoms with Crippen LogP contribution in [-0.2, 0) is 4.79 Å². The first-order valence-corrected chi connectivity index (χ1v) is 7.79. The minimum Gasteiger partial charge on any atom is -0.340 e. The van der Waals surface area contributed by atoms with Crippen molar-refractivity contribution in [3.05, 3.63) is 34.3 Å². The van der Waals surface area contributed by atoms with Gasteiger partial charge in [-0.3, -0.25) is 9.69 Å². The first kappa shape index (κ1) is 15.5. The Morgan fingerprint density at radius 1 is 1.25 bits per heavy atom. The molecule has 2 atom stereocenters. The molecule has 2 N–H and O–H groups in total. The van der Waals surface area contributed by atoms with Gasteiger partial charge in [-0.05, 0) is 18.6 Å². The Bertz CT molecular complexity index is 470. The largest absolute Gasteiger partial charge is 0.340 e. The highest BCUT2D eigenvalue weighted by atomic mass is 79.9. The van der Waals surface area contributed by atoms with Gasteiger partial charge >= 0.3 is 0 Å². The van der Waals surface area contributed by atoms with Gasteiger partial charge < -0.3 is 10.6 Å². The molecule has 20 heavy (non-hydrogen) atoms. The number of halogens is 1. The number of carbonyl (C=O) groups excluding carboxylic acids is 1. The van der Waals surface area contributed by atoms with E-state index in [1.165, 1.54) is 5.56 Å². The molecule has 0 bridgehead atoms. The summed E-state index contributed by atoms with van der Waals surface area (Å²) in [5.41, 5.74) is 7.44. The van der Waals surface area contributed by atoms with Gasteiger partial charge in [0.25, 0.3) is 0 Å². The third-order valence-corrected chi connectivity index (χ3v) is 4.60. The van der Waals surface area contributed by atoms with Crippen LogP contribution in [0.3, 0.4) is 0 Å². The van der Waals surface area contributed by atoms with Crippen LogP contribution in [0.5, 0.6) is 0 Å². The van der Waals surface area contributed by atoms with Crippen molar-refractivity contribution in [3.8, 4) is 0 Å². The lowest BCUT2D eigenvalue weighted by Gasteiger charge is -2.41. The van der Waals surface area contributed by atoms with Gasteiger partial charge in [-0.15, -0.1) is 0 Å². The Morgan fingerprint density at radius 2 is 1.85 bits per heavy atom. The number of piperazine rings is 1. The normalized spacial score (nSPS) is 19.7. The maximum absolute atomic E-state index is 11.4. The quantitative estimate of drug-likeness (QED) is 0.916. The van der Waals surface area contributed by atoms with E-state index in [1.807, 2.05) is 24.0 Å². The van der Waals surface area contributed by atoms with Crippen LogP contribution in [0.2, 0.25) is 0 Å². The summed E-state index contributed by atoms with van der Waals surface area (Å²) in [6, 6.07) is 8.45. The van der Waals surface area contributed by atoms with E-state index in [1.54, 1.807) is 6.92 Å². The number of amides is 1. The Hall–Kier alpha value is -0.910. The SMILES string of the molecule is CC(=O)N1CCN(C(c2ccccc2Br)C(C)N)CC1. The molecule has 4 nitrogen and oxygen atoms in total. The number of rotatable bonds is 3. The first-order valence-electron chi connectivity index (χ1n) is 7.00. The molecule has 2 rings (SSSR count). The fraction of sp³-hybridized carbons (Fsp3) is 0.533. The van der Waals surface area contributed by atoms with E-state index >= 15 is 0 Å². The van der Waals surface area contributed by atoms with Gasteiger partial charge in [0.15, 0.2) is 0 Å². The molecule has 1 fully saturated rings. The van der Waals surface area contributed by atoms with Gasteiger partial charge in [0.2, 0.25) is 5.91 Å². The number of carbonyl (C=O) groups is 1. The van der Waals surface area contributed by atoms with E-state index in [0.29, 0.717) is 0 Å². The van der Waals surface area contributed by atoms with Crippen molar-refractivity contribution in [2.24, 2.45) is 5.73 Å². The van der Waals surface area contributed by atoms with Crippen LogP contribution in [0.15, 0.2) is 28.7 Å². The smallest absolute Gasteiger partial charge is 0.219 e. The maximum atomic E-state index is 11.4. The summed E-state index contributed by atoms with van der Waals surface area (Å²) >= 11 is 3.62. The second kappa shape index (κ2) is 6.70. The van der Waals surface area contributed by atoms with Crippen LogP contribution in [0, 0.1) is 0 Å². The predicted molar refractivity (Wildman–Crippen MR) is 84.4 cm³/mol. The van der Waals surface area contributed by atoms with Gasteiger partial charge in [0.05, 0.1) is 6.04 Å². The highest BCUT2D eigenvalue weighted by Crippen LogP contribution is 2.30. The molecule has 0 radical (unpaired) electrons. The molecular weight excluding hydrogens is 318 g/mol. The summed E-state index contributed by atoms with van der Waals surface area (Å²) in [7, 11) is 0. The van der Waals surface area contributed by atoms with Gasteiger partial charge in [0.1, 0.15) is 0 Å². The van der Waals surface area contributed by atoms with Crippen molar-refractivity contribution in [1.82, 2.24) is 9.80 Å². The zero-order valence-electron chi connectivity index (χ0n) is 12.1. The maximum Gasteiger partial charge on any atom is 0.219 e. The summed E-state index contributed by atoms with van der Waals surface area (Å²) in [5, 5.41) is 0. The molecule has 1 aliphatic rings. The third kappa shape index (κ3) is 3.40. The molecule has 2 unspecified atom stereocenters. The van der Waals surface area contributed by atoms with Gasteiger partial charge in [-0.25, -0.2) is 0 Å². The molecule has 1 aromatic rings. The Balaban J connectivity index is 2.15. The minimum atomic E-state index is 0.0394. The summed E-state index contributed by atoms with van der Waals surface area (Å²) < 4.78 is 1.09. The van der Waals surface area contributed by atoms with E-state index in [9.17, 15) is 4.79 Å². The molecule has 1 aromatic carbocycles. The first-order chi connectivity index (χ1) is 9.50. The molecule has 1 heterocycles. The average Bonchev–Trinajstić information content (AvgIpc) is 2.41. The van der Waals surface area contributed by atoms with Crippen LogP contribution >= 0.6 is 15.9 Å². The molecular formula is C15H22BrN3O. The number of nitrogens with zero attached hydrogens (tertiary/aromatic N) is 2. The summed E-state index contributed by atoms with van der Waals surface area (Å²) in [6.07, 6.45) is 0. The second-order valence-electron chi connectivity index (χ2n) is 5.37. The minimum absolute atomic E-state index is 0.0394. The zero-order valence-corrected chi connectivity index (χ0v) is 13.6. The fourth-order valence-electron chi connectivity index (χ4n) is 2.84. The Labute approximate surface area is 129 Å². The lowest BCUT2D eigenvalue weighted by molar-refractivity contribution is -0.130. The molecule has 1 aliphatic heterocycles. The lowest BCUT2D eigenvalue weighted by Crippen LogP contribution is -2.52. The predicted octanol–water partition coefficient (Wildman–Crippen LogP) is 2.00. The van der Waals surface area contributed by atoms with E-state index in [-0.39, 0.29) is 18.0 Å². The number of hydrogen-bond donors (Lipinski definition) is 1. The van der Waals surface area contributed by atoms with E-state index in [0.717, 1.165) is 30.7 Å². The standard InChI is InChI=1S/C15H22BrN3O/c1-11(17)15(13-5-3-4-6-14(13)16)19-9-7-18(8-10-19)12(2)20/h3-6,11,15H,7-10,17H2,1-2H3. The van der Waals surface area contributed by atoms with Crippen LogP contribution in [0.4, 0.5) is 0 Å². The summed E-state index contributed by atoms with van der Waals surface area (Å²) in [6.45, 7) is 6.97. The summed E-state index contributed by atoms with van der Waals surface area (Å²) in [4.78, 5) is 15.7. The average molecular weight is 340 g/mol. The molecule has 0 spiro atoms. The van der Waals surface area contributed by atoms with Crippen molar-refractivity contribution in [1.29, 1.82) is 0 Å². The van der Waals surface area contributed by atoms with Gasteiger partial charge in [-0.1, -0.05) is 34.1 Å². The number of nitrogens with two attached hydrogens (primary N) is 1. The van der Waals surface area contributed by atoms with Crippen molar-refractivity contribution in [2.45, 2.75) is 25.9 Å². The Morgan fingerprint density at radius 3 is 2.35 bits per heavy atom. The lowest BCUT2D eigenvalue weighted by atomic mass is 9.98. The number of benzene rings is 1. The van der Waals surface area contributed by atoms with Crippen LogP contribution in [-0.4, -0.2) is 47.9 Å². The van der Waals surface area contributed by atoms with E-state index in [4.69, 9.17) is 5.73 Å². The van der Waals surface area contributed by atoms with Gasteiger partial charge in [-0.2, -0.15) is 0 Å². The molecule has 1 saturated heterocycles. The molecule has 1 amide bonds. The van der Waals surface area contributed by atoms with Gasteiger partial charge in [0, 0.05) is 43.6 Å². The van der Waals surface area contributed by atoms with E-state index in [2.05, 4.69) is 33.0 Å². The molecule has 0 aromatic heterocycles. The highest BCUT2D eigenvalue weighted by molar-refractivity contribution is 9.10. The molecule has 0 aliphatic carbocycles. The summed E-state index contributed by atoms with van der Waals surface area (Å²) in [5.74, 6) is 0.155. The highest BCUT2D eigenvalue weighted by Gasteiger charge is 2.29. The van der Waals surface area contributed by atoms with Crippen LogP contribution in [0.1, 0.15) is 25.5 Å². The topological polar surface area (TPSA) is 49.6 Å². The third-order valence-electron chi connectivity index (χ3n) is 3.87. The monoisotopic (exact) mass is 339 g/mol. The van der Waals surface area contributed by atoms with Crippen LogP contribution in [0.25, 0.3) is 0 Å². The van der Waals surface area contributed by atoms with Crippen molar-refractivity contribution < 1.29 is 4.79 Å². The van der Waals surface area contributed by atoms with E-state index < -0.39 is 0 Å². The fourth-order valence-corrected chi connectivity index (χ4v) is 3.36. The molecule has 0 saturated carbocycles. The van der Waals surface area contributed by atoms with Crippen molar-refractivity contribution in [2.75, 3.05) is 26.2 Å². The van der Waals surface area contributed by atoms with Crippen LogP contribution < -0.4 is 5.73 Å². The molecule has 5 heteroatoms. The molecule has 110 valence electrons. The second-order valence-corrected chi connectivity index (χ2v) is 6.22. The van der Waals surface area contributed by atoms with Crippen molar-refractivity contribution >= 4 is 21.8 Å². The Kier molecular flexibility index (Phi) is 5.18. The number of hydrogen-bond acceptors (Lipinski definition) is 3. The zero-order chi connectivity index (χ0) is 14.7. The van der Waals surface area contributed by atoms with Crippen molar-refractivity contribution in [3.63, 3.8) is 0 Å².